The number of amides is 1. The van der Waals surface area contributed by atoms with Gasteiger partial charge < -0.3 is 4.90 Å². The van der Waals surface area contributed by atoms with Crippen LogP contribution >= 0.6 is 0 Å². The maximum absolute atomic E-state index is 12.6. The van der Waals surface area contributed by atoms with Crippen LogP contribution in [0.4, 0.5) is 0 Å². The number of nitrogens with zero attached hydrogens (tertiary/aromatic N) is 4. The molecule has 0 unspecified atom stereocenters. The molecule has 2 fully saturated rings. The zero-order chi connectivity index (χ0) is 17.6. The number of carbonyl (C=O) groups is 1. The van der Waals surface area contributed by atoms with Gasteiger partial charge in [0.2, 0.25) is 5.91 Å². The molecule has 5 nitrogen and oxygen atoms in total. The van der Waals surface area contributed by atoms with Crippen molar-refractivity contribution in [1.82, 2.24) is 19.7 Å². The second-order valence-electron chi connectivity index (χ2n) is 7.57. The van der Waals surface area contributed by atoms with Crippen molar-refractivity contribution in [3.05, 3.63) is 30.1 Å². The van der Waals surface area contributed by atoms with Crippen LogP contribution in [0.15, 0.2) is 24.5 Å². The van der Waals surface area contributed by atoms with E-state index in [2.05, 4.69) is 33.8 Å². The number of carbonyl (C=O) groups excluding carboxylic acids is 1. The van der Waals surface area contributed by atoms with E-state index in [1.165, 1.54) is 37.7 Å². The zero-order valence-electron chi connectivity index (χ0n) is 15.7. The summed E-state index contributed by atoms with van der Waals surface area (Å²) in [5, 5.41) is 0. The Morgan fingerprint density at radius 2 is 1.80 bits per heavy atom. The molecule has 0 aromatic carbocycles. The van der Waals surface area contributed by atoms with Gasteiger partial charge in [0.1, 0.15) is 0 Å². The maximum Gasteiger partial charge on any atom is 0.236 e. The lowest BCUT2D eigenvalue weighted by molar-refractivity contribution is -0.134. The summed E-state index contributed by atoms with van der Waals surface area (Å²) in [6, 6.07) is 5.07. The van der Waals surface area contributed by atoms with Crippen molar-refractivity contribution in [2.45, 2.75) is 51.1 Å². The first-order valence-corrected chi connectivity index (χ1v) is 9.77. The molecule has 3 rings (SSSR count). The monoisotopic (exact) mass is 344 g/mol. The summed E-state index contributed by atoms with van der Waals surface area (Å²) in [4.78, 5) is 23.6. The largest absolute Gasteiger partial charge is 0.342 e. The molecule has 1 saturated heterocycles. The molecule has 1 aliphatic heterocycles. The summed E-state index contributed by atoms with van der Waals surface area (Å²) in [7, 11) is 2.00. The van der Waals surface area contributed by atoms with Crippen LogP contribution in [-0.2, 0) is 4.79 Å². The van der Waals surface area contributed by atoms with E-state index in [9.17, 15) is 4.79 Å². The van der Waals surface area contributed by atoms with Crippen LogP contribution in [0, 0.1) is 0 Å². The highest BCUT2D eigenvalue weighted by molar-refractivity contribution is 5.78. The Hall–Kier alpha value is -1.46. The molecule has 1 atom stereocenters. The normalized spacial score (nSPS) is 21.8. The summed E-state index contributed by atoms with van der Waals surface area (Å²) in [6.45, 7) is 6.81. The van der Waals surface area contributed by atoms with Gasteiger partial charge in [-0.25, -0.2) is 0 Å². The highest BCUT2D eigenvalue weighted by Crippen LogP contribution is 2.23. The molecular formula is C20H32N4O. The topological polar surface area (TPSA) is 39.7 Å². The second-order valence-corrected chi connectivity index (χ2v) is 7.57. The maximum atomic E-state index is 12.6. The fraction of sp³-hybridized carbons (Fsp3) is 0.700. The first-order chi connectivity index (χ1) is 12.1. The van der Waals surface area contributed by atoms with Crippen molar-refractivity contribution in [2.75, 3.05) is 39.8 Å². The number of hydrogen-bond acceptors (Lipinski definition) is 4. The first kappa shape index (κ1) is 18.3. The van der Waals surface area contributed by atoms with Crippen LogP contribution in [0.3, 0.4) is 0 Å². The number of hydrogen-bond donors (Lipinski definition) is 0. The summed E-state index contributed by atoms with van der Waals surface area (Å²) in [5.74, 6) is 0.294. The van der Waals surface area contributed by atoms with Crippen LogP contribution in [-0.4, -0.2) is 71.4 Å². The molecule has 5 heteroatoms. The van der Waals surface area contributed by atoms with Crippen LogP contribution in [0.25, 0.3) is 0 Å². The quantitative estimate of drug-likeness (QED) is 0.823. The number of rotatable bonds is 5. The van der Waals surface area contributed by atoms with Crippen molar-refractivity contribution < 1.29 is 4.79 Å². The van der Waals surface area contributed by atoms with Gasteiger partial charge in [-0.05, 0) is 37.5 Å². The number of piperazine rings is 1. The van der Waals surface area contributed by atoms with E-state index in [4.69, 9.17) is 0 Å². The molecule has 1 amide bonds. The third-order valence-corrected chi connectivity index (χ3v) is 6.02. The van der Waals surface area contributed by atoms with Crippen molar-refractivity contribution in [2.24, 2.45) is 0 Å². The van der Waals surface area contributed by atoms with Gasteiger partial charge in [-0.15, -0.1) is 0 Å². The second kappa shape index (κ2) is 8.77. The predicted molar refractivity (Wildman–Crippen MR) is 100 cm³/mol. The van der Waals surface area contributed by atoms with Crippen LogP contribution in [0.5, 0.6) is 0 Å². The summed E-state index contributed by atoms with van der Waals surface area (Å²) in [5.41, 5.74) is 1.32. The van der Waals surface area contributed by atoms with Crippen LogP contribution in [0.2, 0.25) is 0 Å². The minimum atomic E-state index is 0.294. The summed E-state index contributed by atoms with van der Waals surface area (Å²) in [6.07, 6.45) is 9.96. The van der Waals surface area contributed by atoms with E-state index in [0.717, 1.165) is 26.2 Å². The molecule has 0 N–H and O–H groups in total. The fourth-order valence-corrected chi connectivity index (χ4v) is 4.14. The molecular weight excluding hydrogens is 312 g/mol. The van der Waals surface area contributed by atoms with Crippen molar-refractivity contribution in [3.63, 3.8) is 0 Å². The molecule has 0 bridgehead atoms. The third kappa shape index (κ3) is 4.79. The van der Waals surface area contributed by atoms with E-state index in [1.54, 1.807) is 0 Å². The van der Waals surface area contributed by atoms with Crippen LogP contribution < -0.4 is 0 Å². The molecule has 0 radical (unpaired) electrons. The van der Waals surface area contributed by atoms with E-state index in [0.29, 0.717) is 24.5 Å². The molecule has 138 valence electrons. The SMILES string of the molecule is C[C@@H](c1ccncc1)N1CCN(CC(=O)N(C)C2CCCCC2)CC1. The van der Waals surface area contributed by atoms with E-state index >= 15 is 0 Å². The molecule has 1 saturated carbocycles. The lowest BCUT2D eigenvalue weighted by Gasteiger charge is -2.39. The highest BCUT2D eigenvalue weighted by Gasteiger charge is 2.26. The standard InChI is InChI=1S/C20H32N4O/c1-17(18-8-10-21-11-9-18)24-14-12-23(13-15-24)16-20(25)22(2)19-6-4-3-5-7-19/h8-11,17,19H,3-7,12-16H2,1-2H3/t17-/m0/s1. The minimum Gasteiger partial charge on any atom is -0.342 e. The lowest BCUT2D eigenvalue weighted by atomic mass is 9.94. The van der Waals surface area contributed by atoms with Gasteiger partial charge in [0.15, 0.2) is 0 Å². The predicted octanol–water partition coefficient (Wildman–Crippen LogP) is 2.55. The fourth-order valence-electron chi connectivity index (χ4n) is 4.14. The van der Waals surface area contributed by atoms with Crippen molar-refractivity contribution in [1.29, 1.82) is 0 Å². The highest BCUT2D eigenvalue weighted by atomic mass is 16.2. The number of aromatic nitrogens is 1. The van der Waals surface area contributed by atoms with Gasteiger partial charge in [-0.1, -0.05) is 19.3 Å². The molecule has 0 spiro atoms. The summed E-state index contributed by atoms with van der Waals surface area (Å²) >= 11 is 0. The van der Waals surface area contributed by atoms with E-state index < -0.39 is 0 Å². The Morgan fingerprint density at radius 3 is 2.44 bits per heavy atom. The molecule has 25 heavy (non-hydrogen) atoms. The Balaban J connectivity index is 1.45. The average molecular weight is 345 g/mol. The Bertz CT molecular complexity index is 536. The van der Waals surface area contributed by atoms with Crippen molar-refractivity contribution in [3.8, 4) is 0 Å². The van der Waals surface area contributed by atoms with E-state index in [-0.39, 0.29) is 0 Å². The van der Waals surface area contributed by atoms with Gasteiger partial charge in [0.25, 0.3) is 0 Å². The van der Waals surface area contributed by atoms with Gasteiger partial charge >= 0.3 is 0 Å². The molecule has 2 heterocycles. The molecule has 2 aliphatic rings. The number of likely N-dealkylation sites (N-methyl/N-ethyl adjacent to an activating group) is 1. The molecule has 1 aromatic heterocycles. The third-order valence-electron chi connectivity index (χ3n) is 6.02. The zero-order valence-corrected chi connectivity index (χ0v) is 15.7. The summed E-state index contributed by atoms with van der Waals surface area (Å²) < 4.78 is 0. The Labute approximate surface area is 152 Å². The lowest BCUT2D eigenvalue weighted by Crippen LogP contribution is -2.51. The first-order valence-electron chi connectivity index (χ1n) is 9.77. The average Bonchev–Trinajstić information content (AvgIpc) is 2.68. The number of pyridine rings is 1. The minimum absolute atomic E-state index is 0.294. The van der Waals surface area contributed by atoms with E-state index in [1.807, 2.05) is 24.3 Å². The van der Waals surface area contributed by atoms with Crippen LogP contribution in [0.1, 0.15) is 50.6 Å². The van der Waals surface area contributed by atoms with Gasteiger partial charge in [0, 0.05) is 57.7 Å². The Kier molecular flexibility index (Phi) is 6.43. The molecule has 1 aliphatic carbocycles. The Morgan fingerprint density at radius 1 is 1.16 bits per heavy atom. The smallest absolute Gasteiger partial charge is 0.236 e. The molecule has 1 aromatic rings. The van der Waals surface area contributed by atoms with Gasteiger partial charge in [0.05, 0.1) is 6.54 Å². The van der Waals surface area contributed by atoms with Gasteiger partial charge in [-0.2, -0.15) is 0 Å². The van der Waals surface area contributed by atoms with Crippen molar-refractivity contribution >= 4 is 5.91 Å². The van der Waals surface area contributed by atoms with Gasteiger partial charge in [-0.3, -0.25) is 19.6 Å².